The smallest absolute Gasteiger partial charge is 0.0864 e. The van der Waals surface area contributed by atoms with Gasteiger partial charge in [0, 0.05) is 5.73 Å². The molecule has 0 amide bonds. The second kappa shape index (κ2) is 11.3. The first-order chi connectivity index (χ1) is 11.4. The number of hydrogen-bond donors (Lipinski definition) is 2. The summed E-state index contributed by atoms with van der Waals surface area (Å²) in [6.45, 7) is 18.3. The van der Waals surface area contributed by atoms with Gasteiger partial charge in [-0.1, -0.05) is 57.2 Å². The minimum Gasteiger partial charge on any atom is -0.397 e. The SMILES string of the molecule is CC(C)=CCCC(C)=CCOCC(O)CCC(O)[Si](C)(C)C(C)(C)C. The molecular formula is C21H42O3Si. The van der Waals surface area contributed by atoms with E-state index in [1.807, 2.05) is 0 Å². The fourth-order valence-electron chi connectivity index (χ4n) is 2.39. The van der Waals surface area contributed by atoms with Crippen molar-refractivity contribution in [3.8, 4) is 0 Å². The van der Waals surface area contributed by atoms with Gasteiger partial charge in [0.25, 0.3) is 0 Å². The fourth-order valence-corrected chi connectivity index (χ4v) is 4.28. The van der Waals surface area contributed by atoms with E-state index < -0.39 is 14.2 Å². The molecular weight excluding hydrogens is 328 g/mol. The molecule has 2 N–H and O–H groups in total. The van der Waals surface area contributed by atoms with Gasteiger partial charge in [-0.3, -0.25) is 0 Å². The average Bonchev–Trinajstić information content (AvgIpc) is 2.47. The first-order valence-corrected chi connectivity index (χ1v) is 12.7. The standard InChI is InChI=1S/C21H42O3Si/c1-17(2)10-9-11-18(3)14-15-24-16-19(22)12-13-20(23)25(7,8)21(4,5)6/h10,14,19-20,22-23H,9,11-13,15-16H2,1-8H3. The van der Waals surface area contributed by atoms with E-state index in [2.05, 4.69) is 66.8 Å². The van der Waals surface area contributed by atoms with Crippen molar-refractivity contribution in [2.45, 2.75) is 97.2 Å². The Morgan fingerprint density at radius 2 is 1.64 bits per heavy atom. The molecule has 3 nitrogen and oxygen atoms in total. The zero-order valence-electron chi connectivity index (χ0n) is 17.9. The van der Waals surface area contributed by atoms with Gasteiger partial charge in [-0.25, -0.2) is 0 Å². The molecule has 0 rings (SSSR count). The molecule has 0 saturated carbocycles. The molecule has 148 valence electrons. The molecule has 0 radical (unpaired) electrons. The molecule has 4 heteroatoms. The topological polar surface area (TPSA) is 49.7 Å². The number of rotatable bonds is 11. The monoisotopic (exact) mass is 370 g/mol. The summed E-state index contributed by atoms with van der Waals surface area (Å²) in [6.07, 6.45) is 7.20. The van der Waals surface area contributed by atoms with Crippen molar-refractivity contribution in [3.63, 3.8) is 0 Å². The second-order valence-corrected chi connectivity index (χ2v) is 14.7. The molecule has 0 aliphatic rings. The van der Waals surface area contributed by atoms with Crippen LogP contribution in [0, 0.1) is 0 Å². The van der Waals surface area contributed by atoms with E-state index in [4.69, 9.17) is 4.74 Å². The molecule has 0 aromatic carbocycles. The average molecular weight is 371 g/mol. The van der Waals surface area contributed by atoms with E-state index in [1.54, 1.807) is 0 Å². The quantitative estimate of drug-likeness (QED) is 0.297. The predicted octanol–water partition coefficient (Wildman–Crippen LogP) is 5.25. The van der Waals surface area contributed by atoms with Gasteiger partial charge in [0.2, 0.25) is 0 Å². The number of hydrogen-bond acceptors (Lipinski definition) is 3. The maximum absolute atomic E-state index is 10.5. The maximum atomic E-state index is 10.5. The van der Waals surface area contributed by atoms with Crippen LogP contribution in [-0.4, -0.2) is 43.3 Å². The van der Waals surface area contributed by atoms with Gasteiger partial charge in [0.15, 0.2) is 0 Å². The van der Waals surface area contributed by atoms with Gasteiger partial charge >= 0.3 is 0 Å². The van der Waals surface area contributed by atoms with Crippen molar-refractivity contribution >= 4 is 8.07 Å². The number of ether oxygens (including phenoxy) is 1. The molecule has 2 unspecified atom stereocenters. The lowest BCUT2D eigenvalue weighted by Crippen LogP contribution is -2.49. The van der Waals surface area contributed by atoms with Crippen LogP contribution in [0.3, 0.4) is 0 Å². The van der Waals surface area contributed by atoms with Crippen LogP contribution in [0.2, 0.25) is 18.1 Å². The van der Waals surface area contributed by atoms with Crippen LogP contribution in [0.4, 0.5) is 0 Å². The third-order valence-corrected chi connectivity index (χ3v) is 11.3. The number of aliphatic hydroxyl groups is 2. The van der Waals surface area contributed by atoms with Crippen molar-refractivity contribution in [2.75, 3.05) is 13.2 Å². The molecule has 0 saturated heterocycles. The van der Waals surface area contributed by atoms with Crippen LogP contribution in [0.25, 0.3) is 0 Å². The van der Waals surface area contributed by atoms with Crippen LogP contribution < -0.4 is 0 Å². The molecule has 25 heavy (non-hydrogen) atoms. The Kier molecular flexibility index (Phi) is 11.1. The third-order valence-electron chi connectivity index (χ3n) is 5.49. The van der Waals surface area contributed by atoms with Gasteiger partial charge in [-0.05, 0) is 51.5 Å². The molecule has 0 aliphatic heterocycles. The number of aliphatic hydroxyl groups excluding tert-OH is 2. The third kappa shape index (κ3) is 10.3. The van der Waals surface area contributed by atoms with Crippen LogP contribution in [0.5, 0.6) is 0 Å². The van der Waals surface area contributed by atoms with Crippen LogP contribution in [0.15, 0.2) is 23.3 Å². The molecule has 0 aromatic rings. The van der Waals surface area contributed by atoms with E-state index >= 15 is 0 Å². The molecule has 2 atom stereocenters. The fraction of sp³-hybridized carbons (Fsp3) is 0.810. The zero-order chi connectivity index (χ0) is 19.7. The summed E-state index contributed by atoms with van der Waals surface area (Å²) in [6, 6.07) is 0. The Morgan fingerprint density at radius 1 is 1.04 bits per heavy atom. The highest BCUT2D eigenvalue weighted by Gasteiger charge is 2.41. The summed E-state index contributed by atoms with van der Waals surface area (Å²) in [5.41, 5.74) is 2.38. The molecule has 0 fully saturated rings. The van der Waals surface area contributed by atoms with Gasteiger partial charge in [-0.2, -0.15) is 0 Å². The summed E-state index contributed by atoms with van der Waals surface area (Å²) >= 11 is 0. The maximum Gasteiger partial charge on any atom is 0.0864 e. The molecule has 0 heterocycles. The van der Waals surface area contributed by atoms with Gasteiger partial charge in [-0.15, -0.1) is 0 Å². The lowest BCUT2D eigenvalue weighted by molar-refractivity contribution is 0.0382. The summed E-state index contributed by atoms with van der Waals surface area (Å²) in [4.78, 5) is 0. The van der Waals surface area contributed by atoms with Crippen LogP contribution in [-0.2, 0) is 4.74 Å². The van der Waals surface area contributed by atoms with Gasteiger partial charge in [0.05, 0.1) is 27.4 Å². The van der Waals surface area contributed by atoms with Crippen LogP contribution >= 0.6 is 0 Å². The Morgan fingerprint density at radius 3 is 2.16 bits per heavy atom. The van der Waals surface area contributed by atoms with Gasteiger partial charge in [0.1, 0.15) is 0 Å². The van der Waals surface area contributed by atoms with Crippen LogP contribution in [0.1, 0.15) is 67.2 Å². The highest BCUT2D eigenvalue weighted by atomic mass is 28.3. The zero-order valence-corrected chi connectivity index (χ0v) is 18.9. The van der Waals surface area contributed by atoms with E-state index in [0.29, 0.717) is 26.1 Å². The van der Waals surface area contributed by atoms with Crippen molar-refractivity contribution in [1.29, 1.82) is 0 Å². The molecule has 0 aliphatic carbocycles. The summed E-state index contributed by atoms with van der Waals surface area (Å²) in [7, 11) is -1.76. The van der Waals surface area contributed by atoms with Crippen molar-refractivity contribution in [1.82, 2.24) is 0 Å². The number of allylic oxidation sites excluding steroid dienone is 3. The Labute approximate surface area is 157 Å². The Hall–Kier alpha value is -0.423. The first kappa shape index (κ1) is 24.6. The largest absolute Gasteiger partial charge is 0.397 e. The summed E-state index contributed by atoms with van der Waals surface area (Å²) in [5, 5.41) is 20.8. The minimum atomic E-state index is -1.76. The normalized spacial score (nSPS) is 15.8. The van der Waals surface area contributed by atoms with Crippen molar-refractivity contribution in [3.05, 3.63) is 23.3 Å². The predicted molar refractivity (Wildman–Crippen MR) is 112 cm³/mol. The van der Waals surface area contributed by atoms with E-state index in [-0.39, 0.29) is 10.8 Å². The second-order valence-electron chi connectivity index (χ2n) is 9.13. The lowest BCUT2D eigenvalue weighted by atomic mass is 10.1. The van der Waals surface area contributed by atoms with Crippen molar-refractivity contribution < 1.29 is 14.9 Å². The highest BCUT2D eigenvalue weighted by molar-refractivity contribution is 6.81. The molecule has 0 bridgehead atoms. The molecule has 0 aromatic heterocycles. The Balaban J connectivity index is 4.05. The summed E-state index contributed by atoms with van der Waals surface area (Å²) in [5.74, 6) is 0. The summed E-state index contributed by atoms with van der Waals surface area (Å²) < 4.78 is 5.57. The van der Waals surface area contributed by atoms with E-state index in [9.17, 15) is 10.2 Å². The van der Waals surface area contributed by atoms with Crippen molar-refractivity contribution in [2.24, 2.45) is 0 Å². The Bertz CT molecular complexity index is 429. The van der Waals surface area contributed by atoms with Gasteiger partial charge < -0.3 is 14.9 Å². The van der Waals surface area contributed by atoms with E-state index in [1.165, 1.54) is 11.1 Å². The highest BCUT2D eigenvalue weighted by Crippen LogP contribution is 2.39. The minimum absolute atomic E-state index is 0.154. The van der Waals surface area contributed by atoms with E-state index in [0.717, 1.165) is 12.8 Å². The molecule has 0 spiro atoms. The first-order valence-electron chi connectivity index (χ1n) is 9.60. The lowest BCUT2D eigenvalue weighted by Gasteiger charge is -2.40.